The van der Waals surface area contributed by atoms with Crippen molar-refractivity contribution in [2.24, 2.45) is 0 Å². The first-order valence-electron chi connectivity index (χ1n) is 9.16. The van der Waals surface area contributed by atoms with Crippen LogP contribution in [0.1, 0.15) is 43.8 Å². The van der Waals surface area contributed by atoms with E-state index in [0.717, 1.165) is 37.2 Å². The summed E-state index contributed by atoms with van der Waals surface area (Å²) >= 11 is 0. The highest BCUT2D eigenvalue weighted by Gasteiger charge is 2.24. The topological polar surface area (TPSA) is 40.6 Å². The van der Waals surface area contributed by atoms with Gasteiger partial charge >= 0.3 is 0 Å². The summed E-state index contributed by atoms with van der Waals surface area (Å²) in [6, 6.07) is 12.9. The van der Waals surface area contributed by atoms with Crippen LogP contribution in [-0.4, -0.2) is 54.7 Å². The Morgan fingerprint density at radius 3 is 2.31 bits per heavy atom. The zero-order valence-electron chi connectivity index (χ0n) is 15.8. The molecule has 1 amide bonds. The zero-order valence-corrected chi connectivity index (χ0v) is 15.8. The zero-order chi connectivity index (χ0) is 18.7. The summed E-state index contributed by atoms with van der Waals surface area (Å²) in [7, 11) is 2.07. The fraction of sp³-hybridized carbons (Fsp3) is 0.364. The van der Waals surface area contributed by atoms with Crippen LogP contribution in [0.15, 0.2) is 42.5 Å². The second kappa shape index (κ2) is 7.83. The summed E-state index contributed by atoms with van der Waals surface area (Å²) in [6.07, 6.45) is 0.954. The molecule has 1 fully saturated rings. The summed E-state index contributed by atoms with van der Waals surface area (Å²) in [5.41, 5.74) is 3.84. The molecule has 4 nitrogen and oxygen atoms in total. The predicted octanol–water partition coefficient (Wildman–Crippen LogP) is 3.31. The van der Waals surface area contributed by atoms with Gasteiger partial charge in [0.15, 0.2) is 5.78 Å². The van der Waals surface area contributed by atoms with E-state index < -0.39 is 0 Å². The summed E-state index contributed by atoms with van der Waals surface area (Å²) in [5.74, 6) is -0.142. The molecule has 136 valence electrons. The fourth-order valence-electron chi connectivity index (χ4n) is 3.33. The summed E-state index contributed by atoms with van der Waals surface area (Å²) in [5, 5.41) is 0. The highest BCUT2D eigenvalue weighted by atomic mass is 16.2. The third-order valence-electron chi connectivity index (χ3n) is 5.18. The van der Waals surface area contributed by atoms with Gasteiger partial charge in [0.25, 0.3) is 5.91 Å². The third kappa shape index (κ3) is 3.86. The van der Waals surface area contributed by atoms with E-state index in [-0.39, 0.29) is 11.7 Å². The lowest BCUT2D eigenvalue weighted by atomic mass is 9.95. The summed E-state index contributed by atoms with van der Waals surface area (Å²) < 4.78 is 0. The molecule has 2 aromatic rings. The quantitative estimate of drug-likeness (QED) is 0.798. The molecular weight excluding hydrogens is 324 g/mol. The molecule has 1 aliphatic rings. The predicted molar refractivity (Wildman–Crippen MR) is 104 cm³/mol. The van der Waals surface area contributed by atoms with Gasteiger partial charge < -0.3 is 9.80 Å². The number of hydrogen-bond donors (Lipinski definition) is 0. The van der Waals surface area contributed by atoms with Gasteiger partial charge in [0.2, 0.25) is 0 Å². The van der Waals surface area contributed by atoms with Gasteiger partial charge in [-0.1, -0.05) is 30.3 Å². The van der Waals surface area contributed by atoms with Crippen molar-refractivity contribution >= 4 is 11.7 Å². The molecule has 0 N–H and O–H groups in total. The van der Waals surface area contributed by atoms with E-state index in [1.807, 2.05) is 49.1 Å². The van der Waals surface area contributed by atoms with Crippen molar-refractivity contribution < 1.29 is 9.59 Å². The Balaban J connectivity index is 1.91. The van der Waals surface area contributed by atoms with Crippen molar-refractivity contribution in [3.63, 3.8) is 0 Å². The Labute approximate surface area is 155 Å². The van der Waals surface area contributed by atoms with Crippen LogP contribution in [0.2, 0.25) is 0 Å². The molecular formula is C22H26N2O2. The van der Waals surface area contributed by atoms with Gasteiger partial charge in [0, 0.05) is 30.8 Å². The second-order valence-corrected chi connectivity index (χ2v) is 7.12. The van der Waals surface area contributed by atoms with Gasteiger partial charge in [-0.05, 0) is 57.1 Å². The van der Waals surface area contributed by atoms with Crippen LogP contribution in [0.5, 0.6) is 0 Å². The molecule has 26 heavy (non-hydrogen) atoms. The van der Waals surface area contributed by atoms with Crippen LogP contribution in [0.25, 0.3) is 0 Å². The second-order valence-electron chi connectivity index (χ2n) is 7.12. The van der Waals surface area contributed by atoms with Crippen LogP contribution >= 0.6 is 0 Å². The first-order valence-corrected chi connectivity index (χ1v) is 9.16. The largest absolute Gasteiger partial charge is 0.337 e. The van der Waals surface area contributed by atoms with Gasteiger partial charge in [-0.2, -0.15) is 0 Å². The number of benzene rings is 2. The van der Waals surface area contributed by atoms with Crippen molar-refractivity contribution in [3.8, 4) is 0 Å². The van der Waals surface area contributed by atoms with E-state index in [4.69, 9.17) is 0 Å². The van der Waals surface area contributed by atoms with Crippen molar-refractivity contribution in [3.05, 3.63) is 70.3 Å². The van der Waals surface area contributed by atoms with Crippen LogP contribution in [0, 0.1) is 13.8 Å². The van der Waals surface area contributed by atoms with E-state index in [1.165, 1.54) is 0 Å². The van der Waals surface area contributed by atoms with Gasteiger partial charge in [-0.3, -0.25) is 9.59 Å². The Hall–Kier alpha value is -2.46. The standard InChI is InChI=1S/C22H26N2O2/c1-16-9-10-18(15-17(16)2)21(25)19-7-4-5-8-20(19)22(26)24-12-6-11-23(3)13-14-24/h4-5,7-10,15H,6,11-14H2,1-3H3. The number of carbonyl (C=O) groups excluding carboxylic acids is 2. The maximum absolute atomic E-state index is 13.1. The van der Waals surface area contributed by atoms with Crippen molar-refractivity contribution in [1.82, 2.24) is 9.80 Å². The van der Waals surface area contributed by atoms with E-state index in [2.05, 4.69) is 11.9 Å². The number of rotatable bonds is 3. The summed E-state index contributed by atoms with van der Waals surface area (Å²) in [6.45, 7) is 7.30. The number of carbonyl (C=O) groups is 2. The molecule has 2 aromatic carbocycles. The Bertz CT molecular complexity index is 829. The van der Waals surface area contributed by atoms with Gasteiger partial charge in [-0.25, -0.2) is 0 Å². The van der Waals surface area contributed by atoms with E-state index >= 15 is 0 Å². The lowest BCUT2D eigenvalue weighted by Crippen LogP contribution is -2.35. The third-order valence-corrected chi connectivity index (χ3v) is 5.18. The smallest absolute Gasteiger partial charge is 0.254 e. The minimum atomic E-state index is -0.0935. The average Bonchev–Trinajstić information content (AvgIpc) is 2.87. The SMILES string of the molecule is Cc1ccc(C(=O)c2ccccc2C(=O)N2CCCN(C)CC2)cc1C. The molecule has 0 aliphatic carbocycles. The fourth-order valence-corrected chi connectivity index (χ4v) is 3.33. The van der Waals surface area contributed by atoms with Gasteiger partial charge in [0.1, 0.15) is 0 Å². The molecule has 1 saturated heterocycles. The highest BCUT2D eigenvalue weighted by molar-refractivity contribution is 6.15. The molecule has 0 radical (unpaired) electrons. The molecule has 1 aliphatic heterocycles. The van der Waals surface area contributed by atoms with Crippen molar-refractivity contribution in [2.75, 3.05) is 33.2 Å². The molecule has 0 atom stereocenters. The number of amides is 1. The number of aryl methyl sites for hydroxylation is 2. The monoisotopic (exact) mass is 350 g/mol. The number of likely N-dealkylation sites (N-methyl/N-ethyl adjacent to an activating group) is 1. The van der Waals surface area contributed by atoms with E-state index in [0.29, 0.717) is 23.2 Å². The number of hydrogen-bond acceptors (Lipinski definition) is 3. The van der Waals surface area contributed by atoms with Crippen LogP contribution in [-0.2, 0) is 0 Å². The lowest BCUT2D eigenvalue weighted by Gasteiger charge is -2.22. The highest BCUT2D eigenvalue weighted by Crippen LogP contribution is 2.19. The molecule has 0 bridgehead atoms. The molecule has 0 spiro atoms. The minimum absolute atomic E-state index is 0.0481. The molecule has 4 heteroatoms. The lowest BCUT2D eigenvalue weighted by molar-refractivity contribution is 0.0758. The Morgan fingerprint density at radius 2 is 1.58 bits per heavy atom. The van der Waals surface area contributed by atoms with Gasteiger partial charge in [0.05, 0.1) is 5.56 Å². The Morgan fingerprint density at radius 1 is 0.846 bits per heavy atom. The Kier molecular flexibility index (Phi) is 5.52. The van der Waals surface area contributed by atoms with E-state index in [9.17, 15) is 9.59 Å². The minimum Gasteiger partial charge on any atom is -0.337 e. The molecule has 0 unspecified atom stereocenters. The number of nitrogens with zero attached hydrogens (tertiary/aromatic N) is 2. The summed E-state index contributed by atoms with van der Waals surface area (Å²) in [4.78, 5) is 30.3. The van der Waals surface area contributed by atoms with Crippen LogP contribution in [0.3, 0.4) is 0 Å². The molecule has 3 rings (SSSR count). The van der Waals surface area contributed by atoms with Crippen LogP contribution in [0.4, 0.5) is 0 Å². The molecule has 0 saturated carbocycles. The number of ketones is 1. The van der Waals surface area contributed by atoms with Gasteiger partial charge in [-0.15, -0.1) is 0 Å². The maximum atomic E-state index is 13.1. The first kappa shape index (κ1) is 18.3. The normalized spacial score (nSPS) is 15.6. The average molecular weight is 350 g/mol. The molecule has 0 aromatic heterocycles. The maximum Gasteiger partial charge on any atom is 0.254 e. The van der Waals surface area contributed by atoms with E-state index in [1.54, 1.807) is 12.1 Å². The first-order chi connectivity index (χ1) is 12.5. The van der Waals surface area contributed by atoms with Crippen molar-refractivity contribution in [1.29, 1.82) is 0 Å². The molecule has 1 heterocycles. The van der Waals surface area contributed by atoms with Crippen LogP contribution < -0.4 is 0 Å². The van der Waals surface area contributed by atoms with Crippen molar-refractivity contribution in [2.45, 2.75) is 20.3 Å².